The van der Waals surface area contributed by atoms with Crippen LogP contribution in [0.15, 0.2) is 53.0 Å². The lowest BCUT2D eigenvalue weighted by Crippen LogP contribution is -2.05. The van der Waals surface area contributed by atoms with E-state index in [1.807, 2.05) is 19.1 Å². The third-order valence-corrected chi connectivity index (χ3v) is 5.72. The van der Waals surface area contributed by atoms with Gasteiger partial charge < -0.3 is 19.9 Å². The standard InChI is InChI=1S/C23H19BrCl2FNO4/c1-2-31-21-8-13(11-28-20-9-14(23(29)30)4-6-18(20)25)7-17(24)22(21)32-12-15-3-5-16(27)10-19(15)26/h3-10,28H,2,11-12H2,1H3,(H,29,30). The van der Waals surface area contributed by atoms with Gasteiger partial charge in [0.05, 0.1) is 32.4 Å². The Bertz CT molecular complexity index is 1140. The van der Waals surface area contributed by atoms with Crippen LogP contribution >= 0.6 is 39.1 Å². The number of hydrogen-bond acceptors (Lipinski definition) is 4. The summed E-state index contributed by atoms with van der Waals surface area (Å²) in [7, 11) is 0. The van der Waals surface area contributed by atoms with Gasteiger partial charge in [-0.25, -0.2) is 9.18 Å². The lowest BCUT2D eigenvalue weighted by molar-refractivity contribution is 0.0697. The summed E-state index contributed by atoms with van der Waals surface area (Å²) in [5.41, 5.74) is 2.13. The van der Waals surface area contributed by atoms with Gasteiger partial charge in [0.25, 0.3) is 0 Å². The number of nitrogens with one attached hydrogen (secondary N) is 1. The summed E-state index contributed by atoms with van der Waals surface area (Å²) in [6.45, 7) is 2.78. The van der Waals surface area contributed by atoms with Crippen LogP contribution < -0.4 is 14.8 Å². The van der Waals surface area contributed by atoms with Crippen molar-refractivity contribution >= 4 is 50.8 Å². The molecule has 3 aromatic rings. The SMILES string of the molecule is CCOc1cc(CNc2cc(C(=O)O)ccc2Cl)cc(Br)c1OCc1ccc(F)cc1Cl. The van der Waals surface area contributed by atoms with E-state index in [4.69, 9.17) is 32.7 Å². The molecule has 0 atom stereocenters. The zero-order valence-corrected chi connectivity index (χ0v) is 20.0. The van der Waals surface area contributed by atoms with Crippen molar-refractivity contribution < 1.29 is 23.8 Å². The maximum atomic E-state index is 13.3. The Labute approximate surface area is 203 Å². The fourth-order valence-corrected chi connectivity index (χ4v) is 3.92. The summed E-state index contributed by atoms with van der Waals surface area (Å²) in [5.74, 6) is -0.446. The highest BCUT2D eigenvalue weighted by Gasteiger charge is 2.14. The van der Waals surface area contributed by atoms with Crippen LogP contribution in [0.1, 0.15) is 28.4 Å². The van der Waals surface area contributed by atoms with Crippen molar-refractivity contribution in [3.05, 3.63) is 85.6 Å². The normalized spacial score (nSPS) is 10.7. The van der Waals surface area contributed by atoms with E-state index in [-0.39, 0.29) is 17.2 Å². The van der Waals surface area contributed by atoms with E-state index in [1.165, 1.54) is 30.3 Å². The molecule has 0 aliphatic heterocycles. The zero-order valence-electron chi connectivity index (χ0n) is 16.9. The molecule has 0 amide bonds. The Morgan fingerprint density at radius 1 is 1.09 bits per heavy atom. The van der Waals surface area contributed by atoms with Crippen molar-refractivity contribution in [3.8, 4) is 11.5 Å². The van der Waals surface area contributed by atoms with Gasteiger partial charge in [0, 0.05) is 12.1 Å². The fraction of sp³-hybridized carbons (Fsp3) is 0.174. The number of halogens is 4. The molecule has 0 saturated heterocycles. The van der Waals surface area contributed by atoms with E-state index in [1.54, 1.807) is 6.07 Å². The van der Waals surface area contributed by atoms with Gasteiger partial charge >= 0.3 is 5.97 Å². The van der Waals surface area contributed by atoms with Crippen LogP contribution in [0.25, 0.3) is 0 Å². The van der Waals surface area contributed by atoms with E-state index in [0.29, 0.717) is 45.4 Å². The molecular weight excluding hydrogens is 524 g/mol. The number of aromatic carboxylic acids is 1. The summed E-state index contributed by atoms with van der Waals surface area (Å²) in [6, 6.07) is 12.3. The van der Waals surface area contributed by atoms with Gasteiger partial charge in [0.1, 0.15) is 12.4 Å². The third-order valence-electron chi connectivity index (χ3n) is 4.45. The Morgan fingerprint density at radius 2 is 1.88 bits per heavy atom. The Hall–Kier alpha value is -2.48. The highest BCUT2D eigenvalue weighted by atomic mass is 79.9. The monoisotopic (exact) mass is 541 g/mol. The molecule has 0 unspecified atom stereocenters. The average Bonchev–Trinajstić information content (AvgIpc) is 2.74. The summed E-state index contributed by atoms with van der Waals surface area (Å²) in [6.07, 6.45) is 0. The van der Waals surface area contributed by atoms with Crippen LogP contribution in [0.2, 0.25) is 10.0 Å². The second-order valence-electron chi connectivity index (χ2n) is 6.72. The van der Waals surface area contributed by atoms with Gasteiger partial charge in [0.2, 0.25) is 0 Å². The summed E-state index contributed by atoms with van der Waals surface area (Å²) >= 11 is 15.8. The first-order chi connectivity index (χ1) is 15.3. The maximum absolute atomic E-state index is 13.3. The van der Waals surface area contributed by atoms with Crippen LogP contribution in [0, 0.1) is 5.82 Å². The molecule has 0 saturated carbocycles. The van der Waals surface area contributed by atoms with E-state index < -0.39 is 11.8 Å². The first-order valence-corrected chi connectivity index (χ1v) is 11.1. The number of benzene rings is 3. The minimum atomic E-state index is -1.03. The molecule has 3 rings (SSSR count). The predicted molar refractivity (Wildman–Crippen MR) is 127 cm³/mol. The molecule has 0 heterocycles. The molecule has 3 aromatic carbocycles. The molecule has 0 spiro atoms. The number of ether oxygens (including phenoxy) is 2. The largest absolute Gasteiger partial charge is 0.490 e. The Morgan fingerprint density at radius 3 is 2.56 bits per heavy atom. The third kappa shape index (κ3) is 6.06. The molecule has 0 aromatic heterocycles. The number of rotatable bonds is 9. The van der Waals surface area contributed by atoms with Crippen LogP contribution in [0.4, 0.5) is 10.1 Å². The van der Waals surface area contributed by atoms with Crippen LogP contribution in [0.3, 0.4) is 0 Å². The fourth-order valence-electron chi connectivity index (χ4n) is 2.91. The number of carboxylic acid groups (broad SMARTS) is 1. The smallest absolute Gasteiger partial charge is 0.335 e. The predicted octanol–water partition coefficient (Wildman–Crippen LogP) is 7.18. The Kier molecular flexibility index (Phi) is 8.23. The quantitative estimate of drug-likeness (QED) is 0.299. The van der Waals surface area contributed by atoms with E-state index >= 15 is 0 Å². The molecule has 0 aliphatic carbocycles. The average molecular weight is 543 g/mol. The summed E-state index contributed by atoms with van der Waals surface area (Å²) in [4.78, 5) is 11.2. The van der Waals surface area contributed by atoms with Crippen LogP contribution in [0.5, 0.6) is 11.5 Å². The number of hydrogen-bond donors (Lipinski definition) is 2. The summed E-state index contributed by atoms with van der Waals surface area (Å²) in [5, 5.41) is 13.0. The lowest BCUT2D eigenvalue weighted by Gasteiger charge is -2.17. The molecular formula is C23H19BrCl2FNO4. The highest BCUT2D eigenvalue weighted by Crippen LogP contribution is 2.38. The molecule has 0 bridgehead atoms. The Balaban J connectivity index is 1.79. The van der Waals surface area contributed by atoms with Gasteiger partial charge in [-0.15, -0.1) is 0 Å². The van der Waals surface area contributed by atoms with Gasteiger partial charge in [-0.1, -0.05) is 29.3 Å². The molecule has 168 valence electrons. The van der Waals surface area contributed by atoms with Crippen molar-refractivity contribution in [1.29, 1.82) is 0 Å². The van der Waals surface area contributed by atoms with E-state index in [9.17, 15) is 14.3 Å². The zero-order chi connectivity index (χ0) is 23.3. The van der Waals surface area contributed by atoms with Crippen LogP contribution in [-0.4, -0.2) is 17.7 Å². The molecule has 0 aliphatic rings. The van der Waals surface area contributed by atoms with Crippen molar-refractivity contribution in [3.63, 3.8) is 0 Å². The first kappa shape index (κ1) is 24.2. The molecule has 2 N–H and O–H groups in total. The van der Waals surface area contributed by atoms with Crippen molar-refractivity contribution in [2.75, 3.05) is 11.9 Å². The highest BCUT2D eigenvalue weighted by molar-refractivity contribution is 9.10. The lowest BCUT2D eigenvalue weighted by atomic mass is 10.1. The van der Waals surface area contributed by atoms with Crippen molar-refractivity contribution in [1.82, 2.24) is 0 Å². The molecule has 5 nitrogen and oxygen atoms in total. The maximum Gasteiger partial charge on any atom is 0.335 e. The second-order valence-corrected chi connectivity index (χ2v) is 8.38. The van der Waals surface area contributed by atoms with Gasteiger partial charge in [-0.05, 0) is 70.9 Å². The number of carbonyl (C=O) groups is 1. The molecule has 0 fully saturated rings. The number of anilines is 1. The second kappa shape index (κ2) is 10.9. The van der Waals surface area contributed by atoms with Gasteiger partial charge in [0.15, 0.2) is 11.5 Å². The molecule has 9 heteroatoms. The first-order valence-electron chi connectivity index (χ1n) is 9.57. The topological polar surface area (TPSA) is 67.8 Å². The van der Waals surface area contributed by atoms with Gasteiger partial charge in [-0.3, -0.25) is 0 Å². The van der Waals surface area contributed by atoms with E-state index in [0.717, 1.165) is 5.56 Å². The molecule has 32 heavy (non-hydrogen) atoms. The molecule has 0 radical (unpaired) electrons. The van der Waals surface area contributed by atoms with Crippen molar-refractivity contribution in [2.24, 2.45) is 0 Å². The van der Waals surface area contributed by atoms with Gasteiger partial charge in [-0.2, -0.15) is 0 Å². The van der Waals surface area contributed by atoms with Crippen molar-refractivity contribution in [2.45, 2.75) is 20.1 Å². The minimum Gasteiger partial charge on any atom is -0.490 e. The van der Waals surface area contributed by atoms with Crippen LogP contribution in [-0.2, 0) is 13.2 Å². The summed E-state index contributed by atoms with van der Waals surface area (Å²) < 4.78 is 25.6. The van der Waals surface area contributed by atoms with E-state index in [2.05, 4.69) is 21.2 Å². The number of carboxylic acids is 1. The minimum absolute atomic E-state index is 0.132.